The van der Waals surface area contributed by atoms with Gasteiger partial charge in [0.1, 0.15) is 0 Å². The van der Waals surface area contributed by atoms with Gasteiger partial charge in [-0.2, -0.15) is 9.83 Å². The average Bonchev–Trinajstić information content (AvgIpc) is 2.75. The maximum atomic E-state index is 12.0. The first-order chi connectivity index (χ1) is 8.20. The number of carbonyl (C=O) groups is 1. The summed E-state index contributed by atoms with van der Waals surface area (Å²) in [5.41, 5.74) is 4.22. The minimum absolute atomic E-state index is 0. The van der Waals surface area contributed by atoms with Crippen molar-refractivity contribution in [2.75, 3.05) is 0 Å². The molecule has 0 radical (unpaired) electrons. The standard InChI is InChI=1S/C13H11N2OS.BrH/c1-10-8-17-9-15(10)7-13(16)12-4-2-11(6-14)3-5-12;/h2-5,8-9H,7H2,1H3;1H/q+1;/p-1. The van der Waals surface area contributed by atoms with E-state index in [-0.39, 0.29) is 22.8 Å². The molecule has 1 aromatic carbocycles. The van der Waals surface area contributed by atoms with E-state index in [1.807, 2.05) is 28.5 Å². The summed E-state index contributed by atoms with van der Waals surface area (Å²) in [5.74, 6) is 0.0565. The molecule has 0 atom stereocenters. The number of benzene rings is 1. The van der Waals surface area contributed by atoms with E-state index in [9.17, 15) is 4.79 Å². The van der Waals surface area contributed by atoms with E-state index < -0.39 is 0 Å². The van der Waals surface area contributed by atoms with Gasteiger partial charge < -0.3 is 17.0 Å². The number of nitriles is 1. The first-order valence-electron chi connectivity index (χ1n) is 5.16. The third kappa shape index (κ3) is 3.25. The molecular weight excluding hydrogens is 312 g/mol. The molecule has 0 bridgehead atoms. The molecule has 18 heavy (non-hydrogen) atoms. The summed E-state index contributed by atoms with van der Waals surface area (Å²) in [6.45, 7) is 2.32. The lowest BCUT2D eigenvalue weighted by Gasteiger charge is -1.97. The number of rotatable bonds is 3. The number of Topliss-reactive ketones (excluding diaryl/α,β-unsaturated/α-hetero) is 1. The van der Waals surface area contributed by atoms with Crippen molar-refractivity contribution >= 4 is 17.1 Å². The zero-order chi connectivity index (χ0) is 12.3. The van der Waals surface area contributed by atoms with Crippen molar-refractivity contribution in [2.24, 2.45) is 0 Å². The van der Waals surface area contributed by atoms with Gasteiger partial charge in [0, 0.05) is 12.5 Å². The SMILES string of the molecule is Cc1csc[n+]1CC(=O)c1ccc(C#N)cc1.[Br-]. The first-order valence-corrected chi connectivity index (χ1v) is 6.10. The third-order valence-electron chi connectivity index (χ3n) is 2.53. The number of hydrogen-bond donors (Lipinski definition) is 0. The molecule has 5 heteroatoms. The summed E-state index contributed by atoms with van der Waals surface area (Å²) in [7, 11) is 0. The van der Waals surface area contributed by atoms with Crippen LogP contribution in [0.3, 0.4) is 0 Å². The predicted molar refractivity (Wildman–Crippen MR) is 64.7 cm³/mol. The van der Waals surface area contributed by atoms with Gasteiger partial charge in [0.2, 0.25) is 17.8 Å². The highest BCUT2D eigenvalue weighted by Crippen LogP contribution is 2.05. The lowest BCUT2D eigenvalue weighted by Crippen LogP contribution is -3.00. The monoisotopic (exact) mass is 322 g/mol. The highest BCUT2D eigenvalue weighted by atomic mass is 79.9. The Hall–Kier alpha value is -1.51. The summed E-state index contributed by atoms with van der Waals surface area (Å²) in [6, 6.07) is 8.76. The molecule has 0 saturated carbocycles. The van der Waals surface area contributed by atoms with Crippen LogP contribution in [0.25, 0.3) is 0 Å². The zero-order valence-electron chi connectivity index (χ0n) is 9.76. The second kappa shape index (κ2) is 6.43. The van der Waals surface area contributed by atoms with E-state index in [0.29, 0.717) is 17.7 Å². The predicted octanol–water partition coefficient (Wildman–Crippen LogP) is -0.897. The summed E-state index contributed by atoms with van der Waals surface area (Å²) in [6.07, 6.45) is 0. The number of halogens is 1. The van der Waals surface area contributed by atoms with Crippen molar-refractivity contribution in [3.63, 3.8) is 0 Å². The lowest BCUT2D eigenvalue weighted by molar-refractivity contribution is -0.684. The number of aryl methyl sites for hydroxylation is 1. The van der Waals surface area contributed by atoms with Gasteiger partial charge in [-0.3, -0.25) is 4.79 Å². The van der Waals surface area contributed by atoms with Crippen molar-refractivity contribution in [3.8, 4) is 6.07 Å². The number of hydrogen-bond acceptors (Lipinski definition) is 3. The molecule has 0 N–H and O–H groups in total. The Morgan fingerprint density at radius 2 is 2.06 bits per heavy atom. The summed E-state index contributed by atoms with van der Waals surface area (Å²) in [4.78, 5) is 12.0. The molecule has 0 aliphatic rings. The van der Waals surface area contributed by atoms with Crippen LogP contribution in [0.2, 0.25) is 0 Å². The second-order valence-corrected chi connectivity index (χ2v) is 4.46. The van der Waals surface area contributed by atoms with Gasteiger partial charge in [-0.1, -0.05) is 11.3 Å². The van der Waals surface area contributed by atoms with E-state index in [4.69, 9.17) is 5.26 Å². The van der Waals surface area contributed by atoms with Crippen LogP contribution < -0.4 is 21.5 Å². The van der Waals surface area contributed by atoms with E-state index in [1.54, 1.807) is 35.6 Å². The van der Waals surface area contributed by atoms with Gasteiger partial charge in [0.25, 0.3) is 0 Å². The molecule has 3 nitrogen and oxygen atoms in total. The van der Waals surface area contributed by atoms with Crippen LogP contribution in [-0.2, 0) is 6.54 Å². The molecule has 0 amide bonds. The second-order valence-electron chi connectivity index (χ2n) is 3.74. The van der Waals surface area contributed by atoms with Gasteiger partial charge >= 0.3 is 0 Å². The number of carbonyl (C=O) groups excluding carboxylic acids is 1. The summed E-state index contributed by atoms with van der Waals surface area (Å²) >= 11 is 1.58. The van der Waals surface area contributed by atoms with Crippen molar-refractivity contribution < 1.29 is 26.3 Å². The summed E-state index contributed by atoms with van der Waals surface area (Å²) < 4.78 is 1.92. The van der Waals surface area contributed by atoms with Crippen molar-refractivity contribution in [1.82, 2.24) is 0 Å². The van der Waals surface area contributed by atoms with Gasteiger partial charge in [0.05, 0.1) is 17.0 Å². The third-order valence-corrected chi connectivity index (χ3v) is 3.38. The van der Waals surface area contributed by atoms with Crippen LogP contribution in [0.15, 0.2) is 35.2 Å². The fourth-order valence-corrected chi connectivity index (χ4v) is 2.27. The van der Waals surface area contributed by atoms with Crippen molar-refractivity contribution in [2.45, 2.75) is 13.5 Å². The van der Waals surface area contributed by atoms with E-state index in [0.717, 1.165) is 5.69 Å². The van der Waals surface area contributed by atoms with Crippen LogP contribution in [0.4, 0.5) is 0 Å². The molecule has 92 valence electrons. The van der Waals surface area contributed by atoms with Crippen LogP contribution in [0.5, 0.6) is 0 Å². The minimum atomic E-state index is 0. The molecule has 0 aliphatic carbocycles. The van der Waals surface area contributed by atoms with Gasteiger partial charge in [-0.15, -0.1) is 0 Å². The van der Waals surface area contributed by atoms with Crippen LogP contribution >= 0.6 is 11.3 Å². The van der Waals surface area contributed by atoms with E-state index in [2.05, 4.69) is 0 Å². The largest absolute Gasteiger partial charge is 1.00 e. The first kappa shape index (κ1) is 14.6. The van der Waals surface area contributed by atoms with Gasteiger partial charge in [-0.05, 0) is 24.3 Å². The van der Waals surface area contributed by atoms with E-state index >= 15 is 0 Å². The molecule has 2 aromatic rings. The number of aromatic nitrogens is 1. The van der Waals surface area contributed by atoms with Crippen molar-refractivity contribution in [3.05, 3.63) is 52.0 Å². The molecule has 1 heterocycles. The lowest BCUT2D eigenvalue weighted by atomic mass is 10.1. The Labute approximate surface area is 120 Å². The molecule has 0 fully saturated rings. The molecule has 0 saturated heterocycles. The Morgan fingerprint density at radius 1 is 1.39 bits per heavy atom. The normalized spacial score (nSPS) is 9.33. The van der Waals surface area contributed by atoms with Crippen LogP contribution in [-0.4, -0.2) is 5.78 Å². The number of thiazole rings is 1. The molecule has 0 unspecified atom stereocenters. The Bertz CT molecular complexity index is 584. The van der Waals surface area contributed by atoms with Gasteiger partial charge in [0.15, 0.2) is 5.69 Å². The highest BCUT2D eigenvalue weighted by Gasteiger charge is 2.14. The number of nitrogens with zero attached hydrogens (tertiary/aromatic N) is 2. The van der Waals surface area contributed by atoms with Crippen LogP contribution in [0.1, 0.15) is 21.6 Å². The van der Waals surface area contributed by atoms with Crippen LogP contribution in [0, 0.1) is 18.3 Å². The fourth-order valence-electron chi connectivity index (χ4n) is 1.49. The summed E-state index contributed by atoms with van der Waals surface area (Å²) in [5, 5.41) is 10.7. The Kier molecular flexibility index (Phi) is 5.20. The molecule has 1 aromatic heterocycles. The fraction of sp³-hybridized carbons (Fsp3) is 0.154. The molecule has 0 aliphatic heterocycles. The quantitative estimate of drug-likeness (QED) is 0.543. The average molecular weight is 323 g/mol. The van der Waals surface area contributed by atoms with Gasteiger partial charge in [-0.25, -0.2) is 0 Å². The minimum Gasteiger partial charge on any atom is -1.00 e. The zero-order valence-corrected chi connectivity index (χ0v) is 12.2. The topological polar surface area (TPSA) is 44.7 Å². The van der Waals surface area contributed by atoms with E-state index in [1.165, 1.54) is 0 Å². The molecule has 0 spiro atoms. The van der Waals surface area contributed by atoms with Crippen molar-refractivity contribution in [1.29, 1.82) is 5.26 Å². The maximum absolute atomic E-state index is 12.0. The molecule has 2 rings (SSSR count). The number of ketones is 1. The Balaban J connectivity index is 0.00000162. The highest BCUT2D eigenvalue weighted by molar-refractivity contribution is 7.07. The smallest absolute Gasteiger partial charge is 0.227 e. The molecular formula is C13H11BrN2OS. The Morgan fingerprint density at radius 3 is 2.56 bits per heavy atom. The maximum Gasteiger partial charge on any atom is 0.227 e.